The molecule has 0 amide bonds. The predicted octanol–water partition coefficient (Wildman–Crippen LogP) is 10.3. The Morgan fingerprint density at radius 2 is 1.10 bits per heavy atom. The lowest BCUT2D eigenvalue weighted by atomic mass is 9.98. The Hall–Kier alpha value is -5.08. The second-order valence-corrected chi connectivity index (χ2v) is 10.2. The van der Waals surface area contributed by atoms with Crippen LogP contribution in [0.25, 0.3) is 71.7 Å². The van der Waals surface area contributed by atoms with Crippen LogP contribution in [0.15, 0.2) is 138 Å². The first-order valence-corrected chi connectivity index (χ1v) is 13.4. The molecule has 8 rings (SSSR count). The van der Waals surface area contributed by atoms with Crippen molar-refractivity contribution in [3.63, 3.8) is 0 Å². The van der Waals surface area contributed by atoms with Crippen LogP contribution in [0.4, 0.5) is 0 Å². The van der Waals surface area contributed by atoms with Gasteiger partial charge in [0, 0.05) is 32.8 Å². The van der Waals surface area contributed by atoms with Crippen LogP contribution in [0, 0.1) is 6.92 Å². The smallest absolute Gasteiger partial charge is 0.143 e. The molecule has 0 saturated carbocycles. The first kappa shape index (κ1) is 22.0. The van der Waals surface area contributed by atoms with E-state index in [1.807, 2.05) is 12.1 Å². The van der Waals surface area contributed by atoms with Crippen molar-refractivity contribution < 1.29 is 4.42 Å². The summed E-state index contributed by atoms with van der Waals surface area (Å²) < 4.78 is 8.66. The number of benzene rings is 6. The van der Waals surface area contributed by atoms with Crippen molar-refractivity contribution in [2.24, 2.45) is 0 Å². The van der Waals surface area contributed by atoms with Crippen LogP contribution in [-0.4, -0.2) is 4.57 Å². The van der Waals surface area contributed by atoms with Gasteiger partial charge in [-0.1, -0.05) is 109 Å². The van der Waals surface area contributed by atoms with Crippen molar-refractivity contribution in [2.75, 3.05) is 0 Å². The van der Waals surface area contributed by atoms with E-state index in [1.165, 1.54) is 44.2 Å². The van der Waals surface area contributed by atoms with Gasteiger partial charge < -0.3 is 8.98 Å². The molecular weight excluding hydrogens is 474 g/mol. The summed E-state index contributed by atoms with van der Waals surface area (Å²) in [5, 5.41) is 4.90. The fourth-order valence-electron chi connectivity index (χ4n) is 6.08. The minimum atomic E-state index is 0.926. The molecule has 0 spiro atoms. The zero-order valence-electron chi connectivity index (χ0n) is 21.6. The topological polar surface area (TPSA) is 18.1 Å². The van der Waals surface area contributed by atoms with Crippen molar-refractivity contribution in [1.82, 2.24) is 4.57 Å². The third-order valence-corrected chi connectivity index (χ3v) is 7.96. The molecule has 0 N–H and O–H groups in total. The molecule has 184 valence electrons. The molecule has 8 aromatic rings. The van der Waals surface area contributed by atoms with Crippen molar-refractivity contribution in [1.29, 1.82) is 0 Å². The summed E-state index contributed by atoms with van der Waals surface area (Å²) in [6.45, 7) is 2.19. The monoisotopic (exact) mass is 499 g/mol. The summed E-state index contributed by atoms with van der Waals surface area (Å²) in [5.74, 6) is 0. The molecule has 0 unspecified atom stereocenters. The van der Waals surface area contributed by atoms with E-state index in [-0.39, 0.29) is 0 Å². The first-order chi connectivity index (χ1) is 19.3. The number of furan rings is 1. The molecule has 0 atom stereocenters. The number of hydrogen-bond donors (Lipinski definition) is 0. The van der Waals surface area contributed by atoms with E-state index in [9.17, 15) is 0 Å². The SMILES string of the molecule is Cc1cccc2c3ccccc3n(-c3ccc(-c4ccc(-c5cccc6c5oc5ccccc56)cc4)cc3)c12. The number of rotatable bonds is 3. The summed E-state index contributed by atoms with van der Waals surface area (Å²) in [6.07, 6.45) is 0. The van der Waals surface area contributed by atoms with Crippen molar-refractivity contribution in [3.8, 4) is 27.9 Å². The highest BCUT2D eigenvalue weighted by Gasteiger charge is 2.14. The van der Waals surface area contributed by atoms with E-state index in [1.54, 1.807) is 0 Å². The molecule has 0 bridgehead atoms. The Labute approximate surface area is 226 Å². The minimum absolute atomic E-state index is 0.926. The maximum absolute atomic E-state index is 6.27. The summed E-state index contributed by atoms with van der Waals surface area (Å²) in [7, 11) is 0. The highest BCUT2D eigenvalue weighted by atomic mass is 16.3. The molecule has 39 heavy (non-hydrogen) atoms. The van der Waals surface area contributed by atoms with E-state index < -0.39 is 0 Å². The second-order valence-electron chi connectivity index (χ2n) is 10.2. The molecule has 0 saturated heterocycles. The van der Waals surface area contributed by atoms with Crippen LogP contribution in [-0.2, 0) is 0 Å². The summed E-state index contributed by atoms with van der Waals surface area (Å²) >= 11 is 0. The summed E-state index contributed by atoms with van der Waals surface area (Å²) in [4.78, 5) is 0. The van der Waals surface area contributed by atoms with E-state index in [0.29, 0.717) is 0 Å². The van der Waals surface area contributed by atoms with Crippen LogP contribution in [0.1, 0.15) is 5.56 Å². The Balaban J connectivity index is 1.18. The molecule has 2 nitrogen and oxygen atoms in total. The lowest BCUT2D eigenvalue weighted by Crippen LogP contribution is -1.95. The number of hydrogen-bond acceptors (Lipinski definition) is 1. The number of fused-ring (bicyclic) bond motifs is 6. The standard InChI is InChI=1S/C37H25NO/c1-24-8-6-12-32-30-9-2-4-14-34(30)38(36(24)32)28-22-20-26(21-23-28)25-16-18-27(19-17-25)29-11-7-13-33-31-10-3-5-15-35(31)39-37(29)33/h2-23H,1H3. The Bertz CT molecular complexity index is 2160. The highest BCUT2D eigenvalue weighted by molar-refractivity contribution is 6.11. The zero-order valence-corrected chi connectivity index (χ0v) is 21.6. The van der Waals surface area contributed by atoms with E-state index in [0.717, 1.165) is 33.1 Å². The quantitative estimate of drug-likeness (QED) is 0.236. The van der Waals surface area contributed by atoms with Crippen LogP contribution < -0.4 is 0 Å². The van der Waals surface area contributed by atoms with E-state index in [4.69, 9.17) is 4.42 Å². The van der Waals surface area contributed by atoms with Gasteiger partial charge in [-0.25, -0.2) is 0 Å². The van der Waals surface area contributed by atoms with Crippen LogP contribution in [0.2, 0.25) is 0 Å². The third-order valence-electron chi connectivity index (χ3n) is 7.96. The van der Waals surface area contributed by atoms with Gasteiger partial charge in [-0.2, -0.15) is 0 Å². The molecule has 0 aliphatic carbocycles. The molecule has 0 aliphatic heterocycles. The highest BCUT2D eigenvalue weighted by Crippen LogP contribution is 2.37. The lowest BCUT2D eigenvalue weighted by Gasteiger charge is -2.11. The normalized spacial score (nSPS) is 11.7. The number of aryl methyl sites for hydroxylation is 1. The average molecular weight is 500 g/mol. The molecule has 0 fully saturated rings. The van der Waals surface area contributed by atoms with E-state index >= 15 is 0 Å². The first-order valence-electron chi connectivity index (χ1n) is 13.4. The van der Waals surface area contributed by atoms with Gasteiger partial charge in [-0.15, -0.1) is 0 Å². The van der Waals surface area contributed by atoms with Gasteiger partial charge in [-0.05, 0) is 53.4 Å². The van der Waals surface area contributed by atoms with Gasteiger partial charge in [0.1, 0.15) is 11.2 Å². The Morgan fingerprint density at radius 1 is 0.487 bits per heavy atom. The molecule has 2 aromatic heterocycles. The maximum Gasteiger partial charge on any atom is 0.143 e. The fraction of sp³-hybridized carbons (Fsp3) is 0.0270. The molecule has 2 heteroatoms. The van der Waals surface area contributed by atoms with Crippen molar-refractivity contribution in [3.05, 3.63) is 139 Å². The van der Waals surface area contributed by atoms with Crippen LogP contribution >= 0.6 is 0 Å². The maximum atomic E-state index is 6.27. The number of para-hydroxylation sites is 4. The predicted molar refractivity (Wildman–Crippen MR) is 164 cm³/mol. The lowest BCUT2D eigenvalue weighted by molar-refractivity contribution is 0.670. The Kier molecular flexibility index (Phi) is 4.77. The summed E-state index contributed by atoms with van der Waals surface area (Å²) in [6, 6.07) is 47.6. The largest absolute Gasteiger partial charge is 0.455 e. The van der Waals surface area contributed by atoms with Crippen molar-refractivity contribution in [2.45, 2.75) is 6.92 Å². The average Bonchev–Trinajstić information content (AvgIpc) is 3.54. The number of aromatic nitrogens is 1. The minimum Gasteiger partial charge on any atom is -0.455 e. The van der Waals surface area contributed by atoms with Gasteiger partial charge in [0.05, 0.1) is 11.0 Å². The summed E-state index contributed by atoms with van der Waals surface area (Å²) in [5.41, 5.74) is 11.5. The molecular formula is C37H25NO. The van der Waals surface area contributed by atoms with Crippen molar-refractivity contribution >= 4 is 43.7 Å². The Morgan fingerprint density at radius 3 is 1.92 bits per heavy atom. The van der Waals surface area contributed by atoms with E-state index in [2.05, 4.69) is 133 Å². The van der Waals surface area contributed by atoms with Gasteiger partial charge >= 0.3 is 0 Å². The molecule has 2 heterocycles. The third kappa shape index (κ3) is 3.35. The molecule has 0 radical (unpaired) electrons. The van der Waals surface area contributed by atoms with Crippen LogP contribution in [0.3, 0.4) is 0 Å². The van der Waals surface area contributed by atoms with Crippen LogP contribution in [0.5, 0.6) is 0 Å². The van der Waals surface area contributed by atoms with Gasteiger partial charge in [0.15, 0.2) is 0 Å². The second kappa shape index (κ2) is 8.47. The van der Waals surface area contributed by atoms with Gasteiger partial charge in [0.2, 0.25) is 0 Å². The van der Waals surface area contributed by atoms with Gasteiger partial charge in [-0.3, -0.25) is 0 Å². The van der Waals surface area contributed by atoms with Gasteiger partial charge in [0.25, 0.3) is 0 Å². The fourth-order valence-corrected chi connectivity index (χ4v) is 6.08. The number of nitrogens with zero attached hydrogens (tertiary/aromatic N) is 1. The molecule has 0 aliphatic rings. The molecule has 6 aromatic carbocycles. The zero-order chi connectivity index (χ0) is 25.9.